The third kappa shape index (κ3) is 3.75. The topological polar surface area (TPSA) is 54.4 Å². The minimum absolute atomic E-state index is 0.248. The van der Waals surface area contributed by atoms with Gasteiger partial charge in [0, 0.05) is 18.0 Å². The van der Waals surface area contributed by atoms with Gasteiger partial charge in [-0.1, -0.05) is 38.1 Å². The van der Waals surface area contributed by atoms with E-state index in [1.54, 1.807) is 30.7 Å². The van der Waals surface area contributed by atoms with Crippen molar-refractivity contribution in [2.24, 2.45) is 5.10 Å². The molecular formula is C16H17N3O. The molecule has 0 unspecified atom stereocenters. The second kappa shape index (κ2) is 6.61. The number of carbonyl (C=O) groups excluding carboxylic acids is 1. The number of pyridine rings is 1. The molecule has 1 aromatic carbocycles. The Kier molecular flexibility index (Phi) is 4.60. The molecule has 0 aliphatic rings. The summed E-state index contributed by atoms with van der Waals surface area (Å²) in [6, 6.07) is 11.4. The van der Waals surface area contributed by atoms with E-state index in [0.29, 0.717) is 11.5 Å². The summed E-state index contributed by atoms with van der Waals surface area (Å²) in [7, 11) is 0. The van der Waals surface area contributed by atoms with E-state index in [0.717, 1.165) is 5.56 Å². The number of carbonyl (C=O) groups is 1. The fourth-order valence-corrected chi connectivity index (χ4v) is 1.70. The molecule has 1 aromatic heterocycles. The van der Waals surface area contributed by atoms with E-state index in [1.165, 1.54) is 5.56 Å². The molecule has 2 rings (SSSR count). The van der Waals surface area contributed by atoms with Gasteiger partial charge in [0.15, 0.2) is 0 Å². The molecule has 0 fully saturated rings. The van der Waals surface area contributed by atoms with Crippen molar-refractivity contribution in [1.82, 2.24) is 10.4 Å². The van der Waals surface area contributed by atoms with Crippen molar-refractivity contribution in [1.29, 1.82) is 0 Å². The number of benzene rings is 1. The molecule has 0 aliphatic heterocycles. The van der Waals surface area contributed by atoms with E-state index in [2.05, 4.69) is 41.5 Å². The molecule has 0 atom stereocenters. The van der Waals surface area contributed by atoms with Crippen LogP contribution < -0.4 is 5.43 Å². The van der Waals surface area contributed by atoms with Gasteiger partial charge >= 0.3 is 0 Å². The van der Waals surface area contributed by atoms with E-state index in [-0.39, 0.29) is 5.91 Å². The number of hydrogen-bond acceptors (Lipinski definition) is 3. The molecule has 1 N–H and O–H groups in total. The smallest absolute Gasteiger partial charge is 0.267 e. The van der Waals surface area contributed by atoms with Crippen molar-refractivity contribution >= 4 is 12.1 Å². The fraction of sp³-hybridized carbons (Fsp3) is 0.188. The summed E-state index contributed by atoms with van der Waals surface area (Å²) in [4.78, 5) is 15.6. The highest BCUT2D eigenvalue weighted by Crippen LogP contribution is 2.13. The van der Waals surface area contributed by atoms with Crippen molar-refractivity contribution in [3.05, 3.63) is 65.5 Å². The Hall–Kier alpha value is -2.49. The van der Waals surface area contributed by atoms with Gasteiger partial charge in [-0.2, -0.15) is 5.10 Å². The van der Waals surface area contributed by atoms with Gasteiger partial charge in [-0.3, -0.25) is 9.78 Å². The van der Waals surface area contributed by atoms with Crippen molar-refractivity contribution in [2.75, 3.05) is 0 Å². The molecule has 20 heavy (non-hydrogen) atoms. The summed E-state index contributed by atoms with van der Waals surface area (Å²) >= 11 is 0. The predicted octanol–water partition coefficient (Wildman–Crippen LogP) is 2.97. The average Bonchev–Trinajstić information content (AvgIpc) is 2.48. The number of aromatic nitrogens is 1. The van der Waals surface area contributed by atoms with Crippen LogP contribution in [0.1, 0.15) is 41.3 Å². The molecule has 2 aromatic rings. The van der Waals surface area contributed by atoms with Crippen LogP contribution in [0.3, 0.4) is 0 Å². The second-order valence-corrected chi connectivity index (χ2v) is 4.76. The summed E-state index contributed by atoms with van der Waals surface area (Å²) < 4.78 is 0. The van der Waals surface area contributed by atoms with E-state index in [1.807, 2.05) is 12.1 Å². The summed E-state index contributed by atoms with van der Waals surface area (Å²) in [5.74, 6) is 0.259. The number of nitrogens with zero attached hydrogens (tertiary/aromatic N) is 2. The maximum Gasteiger partial charge on any atom is 0.271 e. The Morgan fingerprint density at radius 2 is 1.80 bits per heavy atom. The van der Waals surface area contributed by atoms with Gasteiger partial charge in [-0.25, -0.2) is 5.43 Å². The lowest BCUT2D eigenvalue weighted by Gasteiger charge is -2.04. The molecule has 102 valence electrons. The lowest BCUT2D eigenvalue weighted by Crippen LogP contribution is -2.17. The standard InChI is InChI=1S/C16H17N3O/c1-12(2)14-5-3-13(4-6-14)11-18-19-16(20)15-7-9-17-10-8-15/h3-12H,1-2H3,(H,19,20). The van der Waals surface area contributed by atoms with Crippen LogP contribution in [0.15, 0.2) is 53.9 Å². The molecule has 0 saturated heterocycles. The van der Waals surface area contributed by atoms with E-state index < -0.39 is 0 Å². The van der Waals surface area contributed by atoms with E-state index in [9.17, 15) is 4.79 Å². The summed E-state index contributed by atoms with van der Waals surface area (Å²) in [6.07, 6.45) is 4.77. The Morgan fingerprint density at radius 3 is 2.40 bits per heavy atom. The zero-order valence-corrected chi connectivity index (χ0v) is 11.6. The van der Waals surface area contributed by atoms with Crippen LogP contribution in [0.5, 0.6) is 0 Å². The lowest BCUT2D eigenvalue weighted by atomic mass is 10.0. The monoisotopic (exact) mass is 267 g/mol. The molecular weight excluding hydrogens is 250 g/mol. The third-order valence-electron chi connectivity index (χ3n) is 2.93. The number of amides is 1. The molecule has 0 spiro atoms. The molecule has 4 nitrogen and oxygen atoms in total. The summed E-state index contributed by atoms with van der Waals surface area (Å²) in [5.41, 5.74) is 5.25. The third-order valence-corrected chi connectivity index (χ3v) is 2.93. The van der Waals surface area contributed by atoms with Gasteiger partial charge in [0.05, 0.1) is 6.21 Å². The normalized spacial score (nSPS) is 10.9. The van der Waals surface area contributed by atoms with Gasteiger partial charge in [0.2, 0.25) is 0 Å². The van der Waals surface area contributed by atoms with Crippen molar-refractivity contribution in [2.45, 2.75) is 19.8 Å². The van der Waals surface area contributed by atoms with Gasteiger partial charge in [0.25, 0.3) is 5.91 Å². The molecule has 1 heterocycles. The first-order chi connectivity index (χ1) is 9.66. The van der Waals surface area contributed by atoms with Crippen LogP contribution in [0.4, 0.5) is 0 Å². The molecule has 0 bridgehead atoms. The largest absolute Gasteiger partial charge is 0.271 e. The molecule has 0 aliphatic carbocycles. The Labute approximate surface area is 118 Å². The van der Waals surface area contributed by atoms with Gasteiger partial charge in [0.1, 0.15) is 0 Å². The van der Waals surface area contributed by atoms with Crippen LogP contribution in [-0.4, -0.2) is 17.1 Å². The van der Waals surface area contributed by atoms with E-state index >= 15 is 0 Å². The molecule has 4 heteroatoms. The van der Waals surface area contributed by atoms with Crippen LogP contribution in [-0.2, 0) is 0 Å². The second-order valence-electron chi connectivity index (χ2n) is 4.76. The summed E-state index contributed by atoms with van der Waals surface area (Å²) in [5, 5.41) is 3.95. The van der Waals surface area contributed by atoms with Gasteiger partial charge in [-0.05, 0) is 29.2 Å². The van der Waals surface area contributed by atoms with Crippen molar-refractivity contribution in [3.63, 3.8) is 0 Å². The Morgan fingerprint density at radius 1 is 1.15 bits per heavy atom. The van der Waals surface area contributed by atoms with Crippen LogP contribution >= 0.6 is 0 Å². The van der Waals surface area contributed by atoms with Gasteiger partial charge in [-0.15, -0.1) is 0 Å². The summed E-state index contributed by atoms with van der Waals surface area (Å²) in [6.45, 7) is 4.30. The van der Waals surface area contributed by atoms with E-state index in [4.69, 9.17) is 0 Å². The Bertz CT molecular complexity index is 589. The van der Waals surface area contributed by atoms with Crippen molar-refractivity contribution in [3.8, 4) is 0 Å². The highest BCUT2D eigenvalue weighted by Gasteiger charge is 2.02. The number of rotatable bonds is 4. The first kappa shape index (κ1) is 13.9. The van der Waals surface area contributed by atoms with Crippen LogP contribution in [0, 0.1) is 0 Å². The highest BCUT2D eigenvalue weighted by atomic mass is 16.2. The average molecular weight is 267 g/mol. The first-order valence-corrected chi connectivity index (χ1v) is 6.50. The van der Waals surface area contributed by atoms with Crippen LogP contribution in [0.25, 0.3) is 0 Å². The maximum atomic E-state index is 11.7. The van der Waals surface area contributed by atoms with Crippen molar-refractivity contribution < 1.29 is 4.79 Å². The quantitative estimate of drug-likeness (QED) is 0.684. The fourth-order valence-electron chi connectivity index (χ4n) is 1.70. The maximum absolute atomic E-state index is 11.7. The number of nitrogens with one attached hydrogen (secondary N) is 1. The zero-order chi connectivity index (χ0) is 14.4. The number of hydrogen-bond donors (Lipinski definition) is 1. The highest BCUT2D eigenvalue weighted by molar-refractivity contribution is 5.94. The zero-order valence-electron chi connectivity index (χ0n) is 11.6. The molecule has 0 radical (unpaired) electrons. The lowest BCUT2D eigenvalue weighted by molar-refractivity contribution is 0.0955. The first-order valence-electron chi connectivity index (χ1n) is 6.50. The minimum atomic E-state index is -0.248. The van der Waals surface area contributed by atoms with Crippen LogP contribution in [0.2, 0.25) is 0 Å². The number of hydrazone groups is 1. The Balaban J connectivity index is 1.95. The molecule has 0 saturated carbocycles. The molecule has 1 amide bonds. The minimum Gasteiger partial charge on any atom is -0.267 e. The predicted molar refractivity (Wildman–Crippen MR) is 79.8 cm³/mol. The van der Waals surface area contributed by atoms with Gasteiger partial charge < -0.3 is 0 Å². The SMILES string of the molecule is CC(C)c1ccc(C=NNC(=O)c2ccncc2)cc1.